The summed E-state index contributed by atoms with van der Waals surface area (Å²) in [6.07, 6.45) is 3.66. The van der Waals surface area contributed by atoms with E-state index in [2.05, 4.69) is 15.3 Å². The van der Waals surface area contributed by atoms with Crippen molar-refractivity contribution in [1.29, 1.82) is 0 Å². The Bertz CT molecular complexity index is 1680. The molecule has 188 valence electrons. The predicted octanol–water partition coefficient (Wildman–Crippen LogP) is 5.14. The van der Waals surface area contributed by atoms with Gasteiger partial charge in [-0.05, 0) is 66.9 Å². The minimum Gasteiger partial charge on any atom is -0.458 e. The molecule has 5 aromatic rings. The molecule has 0 radical (unpaired) electrons. The first-order chi connectivity index (χ1) is 18.4. The number of hydrogen-bond donors (Lipinski definition) is 2. The third kappa shape index (κ3) is 4.41. The maximum atomic E-state index is 13.3. The largest absolute Gasteiger partial charge is 0.458 e. The topological polar surface area (TPSA) is 111 Å². The van der Waals surface area contributed by atoms with E-state index < -0.39 is 11.4 Å². The molecule has 2 aromatic carbocycles. The van der Waals surface area contributed by atoms with E-state index in [1.54, 1.807) is 48.7 Å². The van der Waals surface area contributed by atoms with Crippen molar-refractivity contribution in [2.45, 2.75) is 24.8 Å². The summed E-state index contributed by atoms with van der Waals surface area (Å²) < 4.78 is 19.2. The van der Waals surface area contributed by atoms with E-state index in [9.17, 15) is 14.0 Å². The third-order valence-corrected chi connectivity index (χ3v) is 6.81. The van der Waals surface area contributed by atoms with Crippen molar-refractivity contribution in [3.63, 3.8) is 0 Å². The van der Waals surface area contributed by atoms with Crippen LogP contribution < -0.4 is 11.1 Å². The summed E-state index contributed by atoms with van der Waals surface area (Å²) in [4.78, 5) is 34.6. The molecule has 1 aliphatic carbocycles. The number of primary amides is 1. The lowest BCUT2D eigenvalue weighted by Crippen LogP contribution is -2.35. The first kappa shape index (κ1) is 23.5. The molecule has 0 atom stereocenters. The van der Waals surface area contributed by atoms with Crippen molar-refractivity contribution in [3.8, 4) is 11.3 Å². The fraction of sp³-hybridized carbons (Fsp3) is 0.133. The molecule has 7 nitrogen and oxygen atoms in total. The second kappa shape index (κ2) is 9.23. The van der Waals surface area contributed by atoms with Gasteiger partial charge in [-0.25, -0.2) is 9.37 Å². The number of carbonyl (C=O) groups excluding carboxylic acids is 2. The van der Waals surface area contributed by atoms with Crippen LogP contribution in [-0.4, -0.2) is 21.8 Å². The van der Waals surface area contributed by atoms with E-state index in [1.807, 2.05) is 24.3 Å². The van der Waals surface area contributed by atoms with E-state index in [-0.39, 0.29) is 23.7 Å². The summed E-state index contributed by atoms with van der Waals surface area (Å²) in [7, 11) is 0. The van der Waals surface area contributed by atoms with Crippen LogP contribution in [0.25, 0.3) is 22.4 Å². The molecule has 0 saturated heterocycles. The summed E-state index contributed by atoms with van der Waals surface area (Å²) in [5.41, 5.74) is 9.61. The Balaban J connectivity index is 1.31. The molecule has 3 aromatic heterocycles. The van der Waals surface area contributed by atoms with Crippen LogP contribution in [0.4, 0.5) is 4.39 Å². The van der Waals surface area contributed by atoms with Crippen molar-refractivity contribution in [3.05, 3.63) is 119 Å². The van der Waals surface area contributed by atoms with Crippen molar-refractivity contribution >= 4 is 22.9 Å². The number of rotatable bonds is 7. The van der Waals surface area contributed by atoms with Gasteiger partial charge in [0.15, 0.2) is 5.58 Å². The number of nitrogens with zero attached hydrogens (tertiary/aromatic N) is 2. The fourth-order valence-electron chi connectivity index (χ4n) is 4.68. The van der Waals surface area contributed by atoms with E-state index in [4.69, 9.17) is 10.2 Å². The van der Waals surface area contributed by atoms with E-state index >= 15 is 0 Å². The summed E-state index contributed by atoms with van der Waals surface area (Å²) in [5.74, 6) is -0.845. The smallest absolute Gasteiger partial charge is 0.254 e. The van der Waals surface area contributed by atoms with Gasteiger partial charge in [-0.1, -0.05) is 30.3 Å². The molecule has 3 N–H and O–H groups in total. The molecule has 1 fully saturated rings. The zero-order chi connectivity index (χ0) is 26.3. The number of amides is 2. The number of pyridine rings is 2. The van der Waals surface area contributed by atoms with Crippen molar-refractivity contribution in [1.82, 2.24) is 15.3 Å². The number of fused-ring (bicyclic) bond motifs is 1. The fourth-order valence-corrected chi connectivity index (χ4v) is 4.68. The highest BCUT2D eigenvalue weighted by Crippen LogP contribution is 2.44. The highest BCUT2D eigenvalue weighted by molar-refractivity contribution is 6.05. The molecule has 38 heavy (non-hydrogen) atoms. The zero-order valence-electron chi connectivity index (χ0n) is 20.3. The monoisotopic (exact) mass is 506 g/mol. The molecule has 0 aliphatic heterocycles. The Morgan fingerprint density at radius 2 is 1.82 bits per heavy atom. The zero-order valence-corrected chi connectivity index (χ0v) is 20.3. The summed E-state index contributed by atoms with van der Waals surface area (Å²) in [6.45, 7) is 0. The molecule has 0 spiro atoms. The average molecular weight is 507 g/mol. The number of halogens is 1. The summed E-state index contributed by atoms with van der Waals surface area (Å²) in [6, 6.07) is 22.3. The van der Waals surface area contributed by atoms with Gasteiger partial charge in [0.25, 0.3) is 11.8 Å². The Morgan fingerprint density at radius 3 is 2.53 bits per heavy atom. The van der Waals surface area contributed by atoms with Crippen LogP contribution in [0, 0.1) is 5.82 Å². The lowest BCUT2D eigenvalue weighted by atomic mass is 10.0. The van der Waals surface area contributed by atoms with Crippen LogP contribution in [0.2, 0.25) is 0 Å². The minimum absolute atomic E-state index is 0.186. The Morgan fingerprint density at radius 1 is 1.00 bits per heavy atom. The number of carbonyl (C=O) groups is 2. The molecule has 0 unspecified atom stereocenters. The first-order valence-electron chi connectivity index (χ1n) is 12.2. The van der Waals surface area contributed by atoms with Crippen molar-refractivity contribution in [2.75, 3.05) is 0 Å². The molecular weight excluding hydrogens is 483 g/mol. The van der Waals surface area contributed by atoms with Crippen LogP contribution in [0.15, 0.2) is 89.5 Å². The first-order valence-corrected chi connectivity index (χ1v) is 12.2. The minimum atomic E-state index is -0.664. The van der Waals surface area contributed by atoms with Gasteiger partial charge in [-0.2, -0.15) is 0 Å². The van der Waals surface area contributed by atoms with Gasteiger partial charge in [0, 0.05) is 23.7 Å². The molecule has 8 heteroatoms. The predicted molar refractivity (Wildman–Crippen MR) is 140 cm³/mol. The van der Waals surface area contributed by atoms with Crippen molar-refractivity contribution < 1.29 is 18.4 Å². The second-order valence-electron chi connectivity index (χ2n) is 9.44. The standard InChI is InChI=1S/C30H23FN4O3/c31-21-9-7-18(8-10-21)16-24-26(28(32)36)27-23(38-24)12-11-22(34-27)19-4-3-5-20(17-19)29(37)35-30(13-14-30)25-6-1-2-15-33-25/h1-12,15,17H,13-14,16H2,(H2,32,36)(H,35,37). The Kier molecular flexibility index (Phi) is 5.72. The molecule has 1 saturated carbocycles. The molecule has 3 heterocycles. The van der Waals surface area contributed by atoms with E-state index in [0.717, 1.165) is 24.1 Å². The third-order valence-electron chi connectivity index (χ3n) is 6.81. The number of benzene rings is 2. The number of furan rings is 1. The molecule has 2 amide bonds. The molecule has 6 rings (SSSR count). The van der Waals surface area contributed by atoms with Gasteiger partial charge in [-0.15, -0.1) is 0 Å². The maximum absolute atomic E-state index is 13.3. The highest BCUT2D eigenvalue weighted by Gasteiger charge is 2.47. The van der Waals surface area contributed by atoms with Gasteiger partial charge < -0.3 is 15.5 Å². The Hall–Kier alpha value is -4.85. The maximum Gasteiger partial charge on any atom is 0.254 e. The van der Waals surface area contributed by atoms with Crippen LogP contribution in [0.3, 0.4) is 0 Å². The van der Waals surface area contributed by atoms with Gasteiger partial charge in [0.05, 0.1) is 16.9 Å². The van der Waals surface area contributed by atoms with Crippen LogP contribution in [-0.2, 0) is 12.0 Å². The van der Waals surface area contributed by atoms with Gasteiger partial charge in [0.1, 0.15) is 22.7 Å². The van der Waals surface area contributed by atoms with Crippen LogP contribution >= 0.6 is 0 Å². The second-order valence-corrected chi connectivity index (χ2v) is 9.44. The van der Waals surface area contributed by atoms with Gasteiger partial charge >= 0.3 is 0 Å². The highest BCUT2D eigenvalue weighted by atomic mass is 19.1. The molecule has 1 aliphatic rings. The van der Waals surface area contributed by atoms with Gasteiger partial charge in [-0.3, -0.25) is 14.6 Å². The van der Waals surface area contributed by atoms with Crippen molar-refractivity contribution in [2.24, 2.45) is 5.73 Å². The van der Waals surface area contributed by atoms with Crippen LogP contribution in [0.1, 0.15) is 50.6 Å². The Labute approximate surface area is 217 Å². The lowest BCUT2D eigenvalue weighted by Gasteiger charge is -2.17. The lowest BCUT2D eigenvalue weighted by molar-refractivity contribution is 0.0928. The normalized spacial score (nSPS) is 13.8. The number of nitrogens with one attached hydrogen (secondary N) is 1. The molecule has 0 bridgehead atoms. The summed E-state index contributed by atoms with van der Waals surface area (Å²) >= 11 is 0. The van der Waals surface area contributed by atoms with E-state index in [1.165, 1.54) is 12.1 Å². The number of nitrogens with two attached hydrogens (primary N) is 1. The van der Waals surface area contributed by atoms with Crippen LogP contribution in [0.5, 0.6) is 0 Å². The average Bonchev–Trinajstić information content (AvgIpc) is 3.62. The quantitative estimate of drug-likeness (QED) is 0.318. The summed E-state index contributed by atoms with van der Waals surface area (Å²) in [5, 5.41) is 3.14. The van der Waals surface area contributed by atoms with Gasteiger partial charge in [0.2, 0.25) is 0 Å². The SMILES string of the molecule is NC(=O)c1c(Cc2ccc(F)cc2)oc2ccc(-c3cccc(C(=O)NC4(c5ccccn5)CC4)c3)nc12. The number of aromatic nitrogens is 2. The molecular formula is C30H23FN4O3. The van der Waals surface area contributed by atoms with E-state index in [0.29, 0.717) is 33.7 Å². The number of hydrogen-bond acceptors (Lipinski definition) is 5.